The van der Waals surface area contributed by atoms with Gasteiger partial charge in [0.05, 0.1) is 11.2 Å². The molecule has 4 rings (SSSR count). The van der Waals surface area contributed by atoms with E-state index in [0.717, 1.165) is 63.3 Å². The minimum Gasteiger partial charge on any atom is -0.311 e. The largest absolute Gasteiger partial charge is 0.311 e. The van der Waals surface area contributed by atoms with Crippen LogP contribution in [-0.2, 0) is 0 Å². The smallest absolute Gasteiger partial charge is 0.285 e. The number of aromatic nitrogens is 2. The molecule has 6 nitrogen and oxygen atoms in total. The van der Waals surface area contributed by atoms with Crippen LogP contribution in [0.5, 0.6) is 0 Å². The molecular weight excluding hydrogens is 362 g/mol. The lowest BCUT2D eigenvalue weighted by molar-refractivity contribution is 0.0745. The lowest BCUT2D eigenvalue weighted by Crippen LogP contribution is -2.45. The highest BCUT2D eigenvalue weighted by Gasteiger charge is 2.23. The summed E-state index contributed by atoms with van der Waals surface area (Å²) < 4.78 is 2.02. The van der Waals surface area contributed by atoms with Crippen LogP contribution >= 0.6 is 11.6 Å². The average molecular weight is 388 g/mol. The van der Waals surface area contributed by atoms with Gasteiger partial charge < -0.3 is 5.01 Å². The number of nitrogens with zero attached hydrogens (tertiary/aromatic N) is 4. The van der Waals surface area contributed by atoms with Gasteiger partial charge in [0, 0.05) is 31.7 Å². The quantitative estimate of drug-likeness (QED) is 0.872. The zero-order valence-corrected chi connectivity index (χ0v) is 16.3. The van der Waals surface area contributed by atoms with Crippen LogP contribution in [0.4, 0.5) is 0 Å². The molecule has 0 spiro atoms. The second-order valence-corrected chi connectivity index (χ2v) is 7.68. The van der Waals surface area contributed by atoms with Gasteiger partial charge in [-0.05, 0) is 44.2 Å². The number of hydrogen-bond donors (Lipinski definition) is 1. The summed E-state index contributed by atoms with van der Waals surface area (Å²) in [5, 5.41) is 4.90. The van der Waals surface area contributed by atoms with Gasteiger partial charge in [-0.1, -0.05) is 30.2 Å². The fraction of sp³-hybridized carbons (Fsp3) is 0.500. The Kier molecular flexibility index (Phi) is 5.64. The van der Waals surface area contributed by atoms with Crippen molar-refractivity contribution in [3.8, 4) is 11.4 Å². The van der Waals surface area contributed by atoms with Crippen LogP contribution in [-0.4, -0.2) is 46.8 Å². The molecule has 0 saturated carbocycles. The topological polar surface area (TPSA) is 53.4 Å². The van der Waals surface area contributed by atoms with Gasteiger partial charge >= 0.3 is 0 Å². The number of nitrogens with one attached hydrogen (secondary N) is 1. The molecule has 0 unspecified atom stereocenters. The molecule has 2 saturated heterocycles. The number of hydrogen-bond acceptors (Lipinski definition) is 4. The zero-order chi connectivity index (χ0) is 18.6. The minimum absolute atomic E-state index is 0.152. The van der Waals surface area contributed by atoms with E-state index in [-0.39, 0.29) is 5.91 Å². The third kappa shape index (κ3) is 4.12. The normalized spacial score (nSPS) is 18.5. The van der Waals surface area contributed by atoms with Crippen molar-refractivity contribution in [2.45, 2.75) is 38.5 Å². The van der Waals surface area contributed by atoms with Crippen LogP contribution < -0.4 is 10.4 Å². The van der Waals surface area contributed by atoms with E-state index in [1.807, 2.05) is 40.1 Å². The van der Waals surface area contributed by atoms with E-state index in [1.165, 1.54) is 12.8 Å². The molecule has 7 heteroatoms. The lowest BCUT2D eigenvalue weighted by atomic mass is 10.1. The highest BCUT2D eigenvalue weighted by molar-refractivity contribution is 6.33. The number of piperidine rings is 2. The number of imidazole rings is 1. The van der Waals surface area contributed by atoms with Crippen molar-refractivity contribution in [1.29, 1.82) is 0 Å². The maximum Gasteiger partial charge on any atom is 0.285 e. The van der Waals surface area contributed by atoms with Crippen molar-refractivity contribution < 1.29 is 4.79 Å². The molecule has 2 aliphatic rings. The molecule has 2 aliphatic heterocycles. The molecule has 3 heterocycles. The van der Waals surface area contributed by atoms with Gasteiger partial charge in [-0.2, -0.15) is 0 Å². The highest BCUT2D eigenvalue weighted by atomic mass is 35.5. The number of rotatable bonds is 4. The molecule has 0 aliphatic carbocycles. The number of carbonyl (C=O) groups excluding carboxylic acids is 1. The van der Waals surface area contributed by atoms with Crippen molar-refractivity contribution in [2.24, 2.45) is 0 Å². The summed E-state index contributed by atoms with van der Waals surface area (Å²) in [5.41, 5.74) is 4.29. The Balaban J connectivity index is 1.64. The molecule has 0 atom stereocenters. The zero-order valence-electron chi connectivity index (χ0n) is 15.5. The van der Waals surface area contributed by atoms with Crippen molar-refractivity contribution in [2.75, 3.05) is 31.2 Å². The Bertz CT molecular complexity index is 793. The Labute approximate surface area is 165 Å². The standard InChI is InChI=1S/C20H26ClN5O/c21-17-10-4-3-9-16(17)19-22-18(15-26(19)25-13-7-2-8-14-25)20(27)23-24-11-5-1-6-12-24/h3-4,9-10,15H,1-2,5-8,11-14H2,(H,23,27). The molecule has 1 aromatic heterocycles. The van der Waals surface area contributed by atoms with Gasteiger partial charge in [-0.25, -0.2) is 14.7 Å². The van der Waals surface area contributed by atoms with Crippen molar-refractivity contribution in [1.82, 2.24) is 20.1 Å². The second kappa shape index (κ2) is 8.31. The van der Waals surface area contributed by atoms with Crippen LogP contribution in [0.15, 0.2) is 30.5 Å². The number of amides is 1. The first kappa shape index (κ1) is 18.3. The number of benzene rings is 1. The molecule has 2 aromatic rings. The van der Waals surface area contributed by atoms with Crippen molar-refractivity contribution in [3.05, 3.63) is 41.2 Å². The Morgan fingerprint density at radius 2 is 1.63 bits per heavy atom. The monoisotopic (exact) mass is 387 g/mol. The van der Waals surface area contributed by atoms with E-state index < -0.39 is 0 Å². The summed E-state index contributed by atoms with van der Waals surface area (Å²) in [6.07, 6.45) is 8.86. The van der Waals surface area contributed by atoms with E-state index in [1.54, 1.807) is 0 Å². The first-order chi connectivity index (χ1) is 13.2. The van der Waals surface area contributed by atoms with Crippen LogP contribution in [0, 0.1) is 0 Å². The molecule has 1 N–H and O–H groups in total. The van der Waals surface area contributed by atoms with Crippen molar-refractivity contribution in [3.63, 3.8) is 0 Å². The molecule has 1 amide bonds. The summed E-state index contributed by atoms with van der Waals surface area (Å²) in [6.45, 7) is 3.72. The maximum absolute atomic E-state index is 12.8. The van der Waals surface area contributed by atoms with Gasteiger partial charge in [0.2, 0.25) is 0 Å². The average Bonchev–Trinajstić information content (AvgIpc) is 3.15. The lowest BCUT2D eigenvalue weighted by Gasteiger charge is -2.30. The fourth-order valence-corrected chi connectivity index (χ4v) is 4.04. The molecule has 2 fully saturated rings. The number of halogens is 1. The predicted molar refractivity (Wildman–Crippen MR) is 107 cm³/mol. The van der Waals surface area contributed by atoms with Gasteiger partial charge in [-0.15, -0.1) is 0 Å². The van der Waals surface area contributed by atoms with E-state index >= 15 is 0 Å². The van der Waals surface area contributed by atoms with Crippen LogP contribution in [0.2, 0.25) is 5.02 Å². The Morgan fingerprint density at radius 3 is 2.33 bits per heavy atom. The van der Waals surface area contributed by atoms with E-state index in [9.17, 15) is 4.79 Å². The summed E-state index contributed by atoms with van der Waals surface area (Å²) in [4.78, 5) is 17.5. The van der Waals surface area contributed by atoms with Gasteiger partial charge in [0.15, 0.2) is 5.82 Å². The summed E-state index contributed by atoms with van der Waals surface area (Å²) in [5.74, 6) is 0.576. The van der Waals surface area contributed by atoms with E-state index in [2.05, 4.69) is 15.4 Å². The van der Waals surface area contributed by atoms with Gasteiger partial charge in [0.25, 0.3) is 5.91 Å². The first-order valence-corrected chi connectivity index (χ1v) is 10.3. The fourth-order valence-electron chi connectivity index (χ4n) is 3.82. The first-order valence-electron chi connectivity index (χ1n) is 9.88. The molecule has 0 radical (unpaired) electrons. The van der Waals surface area contributed by atoms with Gasteiger partial charge in [0.1, 0.15) is 5.69 Å². The third-order valence-corrected chi connectivity index (χ3v) is 5.62. The van der Waals surface area contributed by atoms with Crippen LogP contribution in [0.3, 0.4) is 0 Å². The second-order valence-electron chi connectivity index (χ2n) is 7.28. The van der Waals surface area contributed by atoms with Crippen LogP contribution in [0.1, 0.15) is 49.0 Å². The Morgan fingerprint density at radius 1 is 0.963 bits per heavy atom. The third-order valence-electron chi connectivity index (χ3n) is 5.29. The SMILES string of the molecule is O=C(NN1CCCCC1)c1cn(N2CCCCC2)c(-c2ccccc2Cl)n1. The summed E-state index contributed by atoms with van der Waals surface area (Å²) in [7, 11) is 0. The minimum atomic E-state index is -0.152. The summed E-state index contributed by atoms with van der Waals surface area (Å²) >= 11 is 6.43. The number of carbonyl (C=O) groups is 1. The molecule has 0 bridgehead atoms. The highest BCUT2D eigenvalue weighted by Crippen LogP contribution is 2.28. The Hall–Kier alpha value is -2.05. The summed E-state index contributed by atoms with van der Waals surface area (Å²) in [6, 6.07) is 7.67. The molecule has 144 valence electrons. The molecule has 1 aromatic carbocycles. The van der Waals surface area contributed by atoms with Crippen molar-refractivity contribution >= 4 is 17.5 Å². The van der Waals surface area contributed by atoms with E-state index in [0.29, 0.717) is 10.7 Å². The number of hydrazine groups is 1. The molecular formula is C20H26ClN5O. The molecule has 27 heavy (non-hydrogen) atoms. The van der Waals surface area contributed by atoms with E-state index in [4.69, 9.17) is 11.6 Å². The van der Waals surface area contributed by atoms with Gasteiger partial charge in [-0.3, -0.25) is 10.2 Å². The maximum atomic E-state index is 12.8. The predicted octanol–water partition coefficient (Wildman–Crippen LogP) is 3.46. The van der Waals surface area contributed by atoms with Crippen LogP contribution in [0.25, 0.3) is 11.4 Å².